The maximum atomic E-state index is 13.8. The highest BCUT2D eigenvalue weighted by Crippen LogP contribution is 2.33. The number of fused-ring (bicyclic) bond motifs is 1. The van der Waals surface area contributed by atoms with Crippen molar-refractivity contribution in [2.75, 3.05) is 11.4 Å². The van der Waals surface area contributed by atoms with E-state index in [-0.39, 0.29) is 24.8 Å². The van der Waals surface area contributed by atoms with E-state index >= 15 is 0 Å². The summed E-state index contributed by atoms with van der Waals surface area (Å²) in [5.74, 6) is -1.02. The summed E-state index contributed by atoms with van der Waals surface area (Å²) >= 11 is 7.78. The summed E-state index contributed by atoms with van der Waals surface area (Å²) < 4.78 is 1.11. The quantitative estimate of drug-likeness (QED) is 0.186. The highest BCUT2D eigenvalue weighted by molar-refractivity contribution is 7.21. The molecule has 42 heavy (non-hydrogen) atoms. The number of anilines is 1. The number of nitrogens with zero attached hydrogens (tertiary/aromatic N) is 3. The lowest BCUT2D eigenvalue weighted by Gasteiger charge is -2.28. The number of hydrogen-bond acceptors (Lipinski definition) is 5. The fraction of sp³-hybridized carbons (Fsp3) is 0.176. The van der Waals surface area contributed by atoms with E-state index in [1.807, 2.05) is 61.5 Å². The summed E-state index contributed by atoms with van der Waals surface area (Å²) in [6.07, 6.45) is 0.414. The highest BCUT2D eigenvalue weighted by atomic mass is 35.5. The predicted molar refractivity (Wildman–Crippen MR) is 168 cm³/mol. The molecule has 0 bridgehead atoms. The summed E-state index contributed by atoms with van der Waals surface area (Å²) in [5, 5.41) is 1.47. The van der Waals surface area contributed by atoms with Crippen LogP contribution in [0.15, 0.2) is 91.0 Å². The van der Waals surface area contributed by atoms with Gasteiger partial charge in [0.15, 0.2) is 0 Å². The summed E-state index contributed by atoms with van der Waals surface area (Å²) in [6, 6.07) is 27.3. The van der Waals surface area contributed by atoms with Crippen molar-refractivity contribution in [3.63, 3.8) is 0 Å². The average molecular weight is 594 g/mol. The Morgan fingerprint density at radius 3 is 2.48 bits per heavy atom. The van der Waals surface area contributed by atoms with Crippen LogP contribution in [-0.4, -0.2) is 40.2 Å². The number of aromatic nitrogens is 1. The number of rotatable bonds is 7. The minimum absolute atomic E-state index is 0.0785. The number of imide groups is 1. The fourth-order valence-corrected chi connectivity index (χ4v) is 6.61. The molecule has 3 amide bonds. The third-order valence-electron chi connectivity index (χ3n) is 7.47. The number of halogens is 1. The van der Waals surface area contributed by atoms with Gasteiger partial charge >= 0.3 is 0 Å². The van der Waals surface area contributed by atoms with Crippen molar-refractivity contribution in [1.82, 2.24) is 9.88 Å². The maximum Gasteiger partial charge on any atom is 0.257 e. The molecule has 5 aromatic rings. The third kappa shape index (κ3) is 5.58. The lowest BCUT2D eigenvalue weighted by molar-refractivity contribution is -0.122. The second-order valence-electron chi connectivity index (χ2n) is 10.6. The van der Waals surface area contributed by atoms with Gasteiger partial charge in [-0.2, -0.15) is 0 Å². The minimum Gasteiger partial charge on any atom is -0.326 e. The van der Waals surface area contributed by atoms with E-state index in [0.29, 0.717) is 22.7 Å². The molecule has 2 heterocycles. The second kappa shape index (κ2) is 11.5. The van der Waals surface area contributed by atoms with Crippen LogP contribution in [0.25, 0.3) is 20.8 Å². The lowest BCUT2D eigenvalue weighted by atomic mass is 10.1. The molecule has 1 fully saturated rings. The lowest BCUT2D eigenvalue weighted by Crippen LogP contribution is -2.46. The van der Waals surface area contributed by atoms with Crippen LogP contribution in [-0.2, 0) is 16.0 Å². The second-order valence-corrected chi connectivity index (χ2v) is 12.0. The van der Waals surface area contributed by atoms with E-state index in [1.54, 1.807) is 41.7 Å². The number of carbonyl (C=O) groups excluding carboxylic acids is 3. The summed E-state index contributed by atoms with van der Waals surface area (Å²) in [7, 11) is 0. The van der Waals surface area contributed by atoms with E-state index in [9.17, 15) is 14.4 Å². The maximum absolute atomic E-state index is 13.8. The molecule has 1 atom stereocenters. The molecule has 1 saturated heterocycles. The van der Waals surface area contributed by atoms with Crippen LogP contribution in [0.2, 0.25) is 5.02 Å². The van der Waals surface area contributed by atoms with Gasteiger partial charge in [0.1, 0.15) is 11.0 Å². The minimum atomic E-state index is -0.906. The van der Waals surface area contributed by atoms with Crippen LogP contribution in [0.4, 0.5) is 5.69 Å². The van der Waals surface area contributed by atoms with Gasteiger partial charge in [-0.05, 0) is 92.1 Å². The number of thiazole rings is 1. The molecular weight excluding hydrogens is 566 g/mol. The Labute approximate surface area is 253 Å². The fourth-order valence-electron chi connectivity index (χ4n) is 5.32. The van der Waals surface area contributed by atoms with Crippen molar-refractivity contribution in [2.24, 2.45) is 0 Å². The molecule has 0 radical (unpaired) electrons. The smallest absolute Gasteiger partial charge is 0.257 e. The van der Waals surface area contributed by atoms with Gasteiger partial charge < -0.3 is 4.90 Å². The largest absolute Gasteiger partial charge is 0.326 e. The van der Waals surface area contributed by atoms with Crippen molar-refractivity contribution in [3.8, 4) is 10.6 Å². The normalized spacial score (nSPS) is 15.0. The zero-order valence-electron chi connectivity index (χ0n) is 23.2. The van der Waals surface area contributed by atoms with Crippen molar-refractivity contribution in [1.29, 1.82) is 0 Å². The van der Waals surface area contributed by atoms with Gasteiger partial charge in [-0.25, -0.2) is 9.88 Å². The molecule has 6 rings (SSSR count). The van der Waals surface area contributed by atoms with Gasteiger partial charge in [0.05, 0.1) is 22.3 Å². The van der Waals surface area contributed by atoms with Crippen LogP contribution in [0.5, 0.6) is 0 Å². The number of hydrogen-bond donors (Lipinski definition) is 0. The van der Waals surface area contributed by atoms with E-state index in [4.69, 9.17) is 16.6 Å². The monoisotopic (exact) mass is 593 g/mol. The van der Waals surface area contributed by atoms with E-state index in [2.05, 4.69) is 13.0 Å². The molecule has 210 valence electrons. The van der Waals surface area contributed by atoms with Crippen LogP contribution in [0, 0.1) is 13.8 Å². The van der Waals surface area contributed by atoms with Gasteiger partial charge in [-0.15, -0.1) is 11.3 Å². The Bertz CT molecular complexity index is 1830. The van der Waals surface area contributed by atoms with Crippen molar-refractivity contribution < 1.29 is 14.4 Å². The molecule has 4 aromatic carbocycles. The first-order valence-corrected chi connectivity index (χ1v) is 14.9. The predicted octanol–water partition coefficient (Wildman–Crippen LogP) is 7.25. The molecule has 0 N–H and O–H groups in total. The Hall–Kier alpha value is -4.33. The molecule has 0 spiro atoms. The highest BCUT2D eigenvalue weighted by Gasteiger charge is 2.44. The van der Waals surface area contributed by atoms with Gasteiger partial charge in [0, 0.05) is 22.7 Å². The van der Waals surface area contributed by atoms with Gasteiger partial charge in [0.25, 0.3) is 11.8 Å². The number of aryl methyl sites for hydroxylation is 2. The first-order chi connectivity index (χ1) is 20.3. The third-order valence-corrected chi connectivity index (χ3v) is 8.77. The Morgan fingerprint density at radius 2 is 1.71 bits per heavy atom. The van der Waals surface area contributed by atoms with Crippen LogP contribution in [0.3, 0.4) is 0 Å². The van der Waals surface area contributed by atoms with Gasteiger partial charge in [-0.3, -0.25) is 14.4 Å². The molecule has 1 aliphatic heterocycles. The van der Waals surface area contributed by atoms with Crippen LogP contribution >= 0.6 is 22.9 Å². The van der Waals surface area contributed by atoms with Gasteiger partial charge in [-0.1, -0.05) is 47.5 Å². The topological polar surface area (TPSA) is 70.6 Å². The number of benzene rings is 4. The standard InChI is InChI=1S/C34H28ClN3O3S/c1-21-5-3-7-25(17-21)33(40)37(16-15-23-6-4-8-26(35)19-23)29-20-31(39)38(34(29)41)27-12-10-24(11-13-27)32-36-28-14-9-22(2)18-30(28)42-32/h3-14,17-19,29H,15-16,20H2,1-2H3. The molecule has 1 unspecified atom stereocenters. The van der Waals surface area contributed by atoms with Crippen LogP contribution < -0.4 is 4.90 Å². The molecule has 0 saturated carbocycles. The summed E-state index contributed by atoms with van der Waals surface area (Å²) in [5.41, 5.74) is 5.87. The molecule has 1 aliphatic rings. The van der Waals surface area contributed by atoms with Crippen molar-refractivity contribution in [3.05, 3.63) is 118 Å². The number of carbonyl (C=O) groups is 3. The van der Waals surface area contributed by atoms with E-state index in [0.717, 1.165) is 31.9 Å². The average Bonchev–Trinajstić information content (AvgIpc) is 3.53. The first-order valence-electron chi connectivity index (χ1n) is 13.7. The summed E-state index contributed by atoms with van der Waals surface area (Å²) in [4.78, 5) is 48.3. The number of amides is 3. The molecule has 0 aliphatic carbocycles. The molecular formula is C34H28ClN3O3S. The van der Waals surface area contributed by atoms with Crippen LogP contribution in [0.1, 0.15) is 33.5 Å². The zero-order chi connectivity index (χ0) is 29.4. The first kappa shape index (κ1) is 27.8. The zero-order valence-corrected chi connectivity index (χ0v) is 24.8. The Morgan fingerprint density at radius 1 is 0.952 bits per heavy atom. The Kier molecular flexibility index (Phi) is 7.62. The van der Waals surface area contributed by atoms with E-state index in [1.165, 1.54) is 15.4 Å². The van der Waals surface area contributed by atoms with Crippen molar-refractivity contribution >= 4 is 56.6 Å². The SMILES string of the molecule is Cc1cccc(C(=O)N(CCc2cccc(Cl)c2)C2CC(=O)N(c3ccc(-c4nc5ccc(C)cc5s4)cc3)C2=O)c1. The molecule has 6 nitrogen and oxygen atoms in total. The Balaban J connectivity index is 1.26. The van der Waals surface area contributed by atoms with Crippen molar-refractivity contribution in [2.45, 2.75) is 32.7 Å². The van der Waals surface area contributed by atoms with E-state index < -0.39 is 11.9 Å². The summed E-state index contributed by atoms with van der Waals surface area (Å²) in [6.45, 7) is 4.23. The molecule has 8 heteroatoms. The van der Waals surface area contributed by atoms with Gasteiger partial charge in [0.2, 0.25) is 5.91 Å². The molecule has 1 aromatic heterocycles.